The van der Waals surface area contributed by atoms with Gasteiger partial charge in [0.05, 0.1) is 0 Å². The van der Waals surface area contributed by atoms with E-state index in [1.165, 1.54) is 0 Å². The maximum atomic E-state index is 12.1. The van der Waals surface area contributed by atoms with Crippen LogP contribution in [0.1, 0.15) is 36.7 Å². The minimum atomic E-state index is -0.199. The molecule has 108 valence electrons. The van der Waals surface area contributed by atoms with Gasteiger partial charge in [0, 0.05) is 31.7 Å². The van der Waals surface area contributed by atoms with E-state index in [1.54, 1.807) is 29.1 Å². The highest BCUT2D eigenvalue weighted by atomic mass is 16.3. The minimum Gasteiger partial charge on any atom is -0.396 e. The van der Waals surface area contributed by atoms with Crippen molar-refractivity contribution in [2.75, 3.05) is 13.2 Å². The summed E-state index contributed by atoms with van der Waals surface area (Å²) in [6, 6.07) is 1.79. The summed E-state index contributed by atoms with van der Waals surface area (Å²) in [6.45, 7) is 2.81. The Bertz CT molecular complexity index is 528. The van der Waals surface area contributed by atoms with Gasteiger partial charge < -0.3 is 10.4 Å². The quantitative estimate of drug-likeness (QED) is 0.798. The first kappa shape index (κ1) is 14.5. The zero-order chi connectivity index (χ0) is 14.4. The highest BCUT2D eigenvalue weighted by Crippen LogP contribution is 2.10. The second-order valence-corrected chi connectivity index (χ2v) is 4.83. The van der Waals surface area contributed by atoms with Crippen molar-refractivity contribution in [1.82, 2.24) is 19.7 Å². The molecule has 1 amide bonds. The highest BCUT2D eigenvalue weighted by molar-refractivity contribution is 5.92. The van der Waals surface area contributed by atoms with Crippen LogP contribution in [0.2, 0.25) is 0 Å². The van der Waals surface area contributed by atoms with E-state index in [4.69, 9.17) is 5.11 Å². The zero-order valence-corrected chi connectivity index (χ0v) is 11.6. The van der Waals surface area contributed by atoms with E-state index in [1.807, 2.05) is 0 Å². The second-order valence-electron chi connectivity index (χ2n) is 4.83. The van der Waals surface area contributed by atoms with Crippen LogP contribution in [0, 0.1) is 5.92 Å². The molecule has 2 aromatic heterocycles. The van der Waals surface area contributed by atoms with Crippen molar-refractivity contribution in [2.45, 2.75) is 26.2 Å². The average molecular weight is 276 g/mol. The first-order chi connectivity index (χ1) is 9.74. The maximum absolute atomic E-state index is 12.1. The van der Waals surface area contributed by atoms with Gasteiger partial charge in [-0.05, 0) is 24.8 Å². The largest absolute Gasteiger partial charge is 0.396 e. The Labute approximate surface area is 117 Å². The number of fused-ring (bicyclic) bond motifs is 1. The van der Waals surface area contributed by atoms with Crippen molar-refractivity contribution in [3.05, 3.63) is 30.4 Å². The molecule has 0 aliphatic heterocycles. The molecule has 0 bridgehead atoms. The summed E-state index contributed by atoms with van der Waals surface area (Å²) < 4.78 is 1.71. The number of nitrogens with one attached hydrogen (secondary N) is 1. The number of hydrogen-bond acceptors (Lipinski definition) is 4. The van der Waals surface area contributed by atoms with Gasteiger partial charge in [-0.25, -0.2) is 9.97 Å². The van der Waals surface area contributed by atoms with Crippen LogP contribution in [0.15, 0.2) is 24.7 Å². The lowest BCUT2D eigenvalue weighted by Crippen LogP contribution is -2.30. The number of rotatable bonds is 7. The molecule has 2 rings (SSSR count). The highest BCUT2D eigenvalue weighted by Gasteiger charge is 2.13. The number of hydrogen-bond donors (Lipinski definition) is 2. The van der Waals surface area contributed by atoms with E-state index in [0.29, 0.717) is 30.4 Å². The molecule has 0 aliphatic carbocycles. The molecule has 0 saturated heterocycles. The van der Waals surface area contributed by atoms with Gasteiger partial charge in [-0.2, -0.15) is 0 Å². The van der Waals surface area contributed by atoms with Crippen LogP contribution in [-0.4, -0.2) is 38.5 Å². The SMILES string of the molecule is CCCC(CCO)CNC(=O)c1cn2cccnc2n1. The molecule has 0 saturated carbocycles. The second kappa shape index (κ2) is 7.00. The van der Waals surface area contributed by atoms with Gasteiger partial charge in [0.2, 0.25) is 5.78 Å². The van der Waals surface area contributed by atoms with E-state index in [-0.39, 0.29) is 12.5 Å². The van der Waals surface area contributed by atoms with Crippen molar-refractivity contribution in [2.24, 2.45) is 5.92 Å². The number of carbonyl (C=O) groups excluding carboxylic acids is 1. The average Bonchev–Trinajstić information content (AvgIpc) is 2.89. The number of aromatic nitrogens is 3. The molecule has 0 aromatic carbocycles. The van der Waals surface area contributed by atoms with Gasteiger partial charge in [0.1, 0.15) is 5.69 Å². The predicted octanol–water partition coefficient (Wildman–Crippen LogP) is 1.26. The number of nitrogens with zero attached hydrogens (tertiary/aromatic N) is 3. The molecule has 2 aromatic rings. The topological polar surface area (TPSA) is 79.5 Å². The summed E-state index contributed by atoms with van der Waals surface area (Å²) >= 11 is 0. The monoisotopic (exact) mass is 276 g/mol. The first-order valence-electron chi connectivity index (χ1n) is 6.93. The third kappa shape index (κ3) is 3.54. The van der Waals surface area contributed by atoms with Crippen LogP contribution in [0.5, 0.6) is 0 Å². The normalized spacial score (nSPS) is 12.5. The fourth-order valence-electron chi connectivity index (χ4n) is 2.21. The summed E-state index contributed by atoms with van der Waals surface area (Å²) in [5.74, 6) is 0.622. The molecule has 20 heavy (non-hydrogen) atoms. The number of imidazole rings is 1. The Hall–Kier alpha value is -1.95. The lowest BCUT2D eigenvalue weighted by Gasteiger charge is -2.14. The van der Waals surface area contributed by atoms with E-state index in [9.17, 15) is 4.79 Å². The molecule has 2 heterocycles. The Morgan fingerprint density at radius 3 is 3.05 bits per heavy atom. The Morgan fingerprint density at radius 1 is 1.50 bits per heavy atom. The molecule has 0 fully saturated rings. The Morgan fingerprint density at radius 2 is 2.35 bits per heavy atom. The van der Waals surface area contributed by atoms with Crippen LogP contribution in [0.25, 0.3) is 5.78 Å². The van der Waals surface area contributed by atoms with Crippen molar-refractivity contribution >= 4 is 11.7 Å². The summed E-state index contributed by atoms with van der Waals surface area (Å²) in [5, 5.41) is 11.9. The van der Waals surface area contributed by atoms with Gasteiger partial charge in [0.25, 0.3) is 5.91 Å². The molecule has 0 aliphatic rings. The minimum absolute atomic E-state index is 0.152. The Kier molecular flexibility index (Phi) is 5.06. The van der Waals surface area contributed by atoms with E-state index >= 15 is 0 Å². The zero-order valence-electron chi connectivity index (χ0n) is 11.6. The fraction of sp³-hybridized carbons (Fsp3) is 0.500. The fourth-order valence-corrected chi connectivity index (χ4v) is 2.21. The lowest BCUT2D eigenvalue weighted by molar-refractivity contribution is 0.0938. The van der Waals surface area contributed by atoms with Crippen LogP contribution in [0.4, 0.5) is 0 Å². The third-order valence-corrected chi connectivity index (χ3v) is 3.25. The molecule has 1 atom stereocenters. The molecule has 0 radical (unpaired) electrons. The molecule has 6 heteroatoms. The van der Waals surface area contributed by atoms with Gasteiger partial charge in [0.15, 0.2) is 0 Å². The van der Waals surface area contributed by atoms with Gasteiger partial charge >= 0.3 is 0 Å². The predicted molar refractivity (Wildman–Crippen MR) is 75.4 cm³/mol. The number of aliphatic hydroxyl groups is 1. The molecule has 1 unspecified atom stereocenters. The van der Waals surface area contributed by atoms with Gasteiger partial charge in [-0.3, -0.25) is 9.20 Å². The van der Waals surface area contributed by atoms with Gasteiger partial charge in [-0.15, -0.1) is 0 Å². The smallest absolute Gasteiger partial charge is 0.271 e. The van der Waals surface area contributed by atoms with Gasteiger partial charge in [-0.1, -0.05) is 13.3 Å². The standard InChI is InChI=1S/C14H20N4O2/c1-2-4-11(5-8-19)9-16-13(20)12-10-18-7-3-6-15-14(18)17-12/h3,6-7,10-11,19H,2,4-5,8-9H2,1H3,(H,16,20). The number of amides is 1. The van der Waals surface area contributed by atoms with Crippen molar-refractivity contribution in [3.8, 4) is 0 Å². The molecule has 0 spiro atoms. The summed E-state index contributed by atoms with van der Waals surface area (Å²) in [4.78, 5) is 20.3. The van der Waals surface area contributed by atoms with Crippen molar-refractivity contribution < 1.29 is 9.90 Å². The summed E-state index contributed by atoms with van der Waals surface area (Å²) in [5.41, 5.74) is 0.364. The molecular weight excluding hydrogens is 256 g/mol. The lowest BCUT2D eigenvalue weighted by atomic mass is 10.0. The summed E-state index contributed by atoms with van der Waals surface area (Å²) in [7, 11) is 0. The number of aliphatic hydroxyl groups excluding tert-OH is 1. The third-order valence-electron chi connectivity index (χ3n) is 3.25. The Balaban J connectivity index is 1.97. The molecular formula is C14H20N4O2. The van der Waals surface area contributed by atoms with Crippen LogP contribution >= 0.6 is 0 Å². The van der Waals surface area contributed by atoms with Crippen LogP contribution in [0.3, 0.4) is 0 Å². The van der Waals surface area contributed by atoms with E-state index in [2.05, 4.69) is 22.2 Å². The summed E-state index contributed by atoms with van der Waals surface area (Å²) in [6.07, 6.45) is 7.85. The number of carbonyl (C=O) groups is 1. The van der Waals surface area contributed by atoms with E-state index in [0.717, 1.165) is 12.8 Å². The van der Waals surface area contributed by atoms with Crippen molar-refractivity contribution in [1.29, 1.82) is 0 Å². The maximum Gasteiger partial charge on any atom is 0.271 e. The van der Waals surface area contributed by atoms with Crippen LogP contribution in [-0.2, 0) is 0 Å². The molecule has 2 N–H and O–H groups in total. The molecule has 6 nitrogen and oxygen atoms in total. The van der Waals surface area contributed by atoms with E-state index < -0.39 is 0 Å². The van der Waals surface area contributed by atoms with Crippen LogP contribution < -0.4 is 5.32 Å². The van der Waals surface area contributed by atoms with Crippen molar-refractivity contribution in [3.63, 3.8) is 0 Å². The first-order valence-corrected chi connectivity index (χ1v) is 6.93.